The molecule has 2 saturated heterocycles. The molecular formula is C50H75ClN16+2. The molecule has 4 aliphatic rings. The minimum Gasteiger partial charge on any atom is -0.336 e. The van der Waals surface area contributed by atoms with Crippen LogP contribution < -0.4 is 41.0 Å². The van der Waals surface area contributed by atoms with Gasteiger partial charge in [-0.1, -0.05) is 122 Å². The second-order valence-electron chi connectivity index (χ2n) is 18.1. The summed E-state index contributed by atoms with van der Waals surface area (Å²) in [6.07, 6.45) is 19.6. The monoisotopic (exact) mass is 935 g/mol. The molecule has 4 heterocycles. The Morgan fingerprint density at radius 2 is 0.896 bits per heavy atom. The molecule has 4 aromatic rings. The predicted molar refractivity (Wildman–Crippen MR) is 272 cm³/mol. The van der Waals surface area contributed by atoms with Crippen LogP contribution in [-0.2, 0) is 13.3 Å². The zero-order valence-corrected chi connectivity index (χ0v) is 40.8. The maximum Gasteiger partial charge on any atom is 0.335 e. The first-order chi connectivity index (χ1) is 32.5. The van der Waals surface area contributed by atoms with Crippen molar-refractivity contribution in [3.05, 3.63) is 83.5 Å². The highest BCUT2D eigenvalue weighted by molar-refractivity contribution is 5.85. The molecule has 2 aromatic carbocycles. The number of nitrogens with one attached hydrogen (secondary N) is 6. The van der Waals surface area contributed by atoms with E-state index in [0.717, 1.165) is 63.2 Å². The van der Waals surface area contributed by atoms with E-state index in [4.69, 9.17) is 33.1 Å². The number of anilines is 8. The first kappa shape index (κ1) is 50.9. The summed E-state index contributed by atoms with van der Waals surface area (Å²) in [5.74, 6) is 3.90. The summed E-state index contributed by atoms with van der Waals surface area (Å²) < 4.78 is 3.73. The molecule has 4 fully saturated rings. The van der Waals surface area contributed by atoms with Crippen molar-refractivity contribution in [2.24, 2.45) is 0 Å². The van der Waals surface area contributed by atoms with Gasteiger partial charge in [-0.15, -0.1) is 21.5 Å². The summed E-state index contributed by atoms with van der Waals surface area (Å²) in [5, 5.41) is 21.2. The molecule has 360 valence electrons. The van der Waals surface area contributed by atoms with Gasteiger partial charge < -0.3 is 21.3 Å². The van der Waals surface area contributed by atoms with E-state index in [1.165, 1.54) is 90.1 Å². The number of likely N-dealkylation sites (tertiary alicyclic amines) is 2. The van der Waals surface area contributed by atoms with Gasteiger partial charge in [0.2, 0.25) is 0 Å². The van der Waals surface area contributed by atoms with E-state index in [1.807, 2.05) is 69.8 Å². The van der Waals surface area contributed by atoms with Crippen molar-refractivity contribution in [2.45, 2.75) is 154 Å². The summed E-state index contributed by atoms with van der Waals surface area (Å²) in [4.78, 5) is 31.7. The van der Waals surface area contributed by atoms with Crippen LogP contribution in [0.2, 0.25) is 0 Å². The lowest BCUT2D eigenvalue weighted by atomic mass is 10.1. The summed E-state index contributed by atoms with van der Waals surface area (Å²) in [6, 6.07) is 21.8. The third-order valence-electron chi connectivity index (χ3n) is 13.5. The molecular weight excluding hydrogens is 860 g/mol. The van der Waals surface area contributed by atoms with Crippen molar-refractivity contribution in [3.8, 4) is 0 Å². The summed E-state index contributed by atoms with van der Waals surface area (Å²) in [6.45, 7) is 26.0. The van der Waals surface area contributed by atoms with Crippen molar-refractivity contribution in [2.75, 3.05) is 71.2 Å². The molecule has 2 unspecified atom stereocenters. The zero-order chi connectivity index (χ0) is 45.8. The highest BCUT2D eigenvalue weighted by Crippen LogP contribution is 2.25. The fourth-order valence-corrected chi connectivity index (χ4v) is 9.89. The van der Waals surface area contributed by atoms with Gasteiger partial charge in [0.25, 0.3) is 0 Å². The molecule has 0 radical (unpaired) electrons. The van der Waals surface area contributed by atoms with Crippen LogP contribution in [0.5, 0.6) is 0 Å². The fourth-order valence-electron chi connectivity index (χ4n) is 9.89. The number of likely N-dealkylation sites (N-methyl/N-ethyl adjacent to an activating group) is 2. The number of hydrogen-bond donors (Lipinski definition) is 6. The Balaban J connectivity index is 0.000000218. The summed E-state index contributed by atoms with van der Waals surface area (Å²) in [5.41, 5.74) is 1.88. The molecule has 0 amide bonds. The quantitative estimate of drug-likeness (QED) is 0.0321. The normalized spacial score (nSPS) is 19.3. The number of benzene rings is 2. The van der Waals surface area contributed by atoms with Crippen molar-refractivity contribution in [1.82, 2.24) is 29.7 Å². The highest BCUT2D eigenvalue weighted by Gasteiger charge is 2.30. The van der Waals surface area contributed by atoms with Crippen LogP contribution in [0.3, 0.4) is 0 Å². The van der Waals surface area contributed by atoms with Gasteiger partial charge in [-0.05, 0) is 102 Å². The number of aromatic nitrogens is 6. The van der Waals surface area contributed by atoms with E-state index in [1.54, 1.807) is 0 Å². The van der Waals surface area contributed by atoms with Gasteiger partial charge in [0, 0.05) is 25.2 Å². The molecule has 17 heteroatoms. The minimum atomic E-state index is 0. The van der Waals surface area contributed by atoms with Gasteiger partial charge in [0.05, 0.1) is 23.5 Å². The molecule has 67 heavy (non-hydrogen) atoms. The van der Waals surface area contributed by atoms with Crippen LogP contribution in [0.4, 0.5) is 47.1 Å². The Morgan fingerprint density at radius 1 is 0.522 bits per heavy atom. The van der Waals surface area contributed by atoms with Crippen LogP contribution in [0.1, 0.15) is 117 Å². The predicted octanol–water partition coefficient (Wildman–Crippen LogP) is 9.25. The molecule has 6 N–H and O–H groups in total. The number of para-hydroxylation sites is 2. The first-order valence-electron chi connectivity index (χ1n) is 25.0. The average Bonchev–Trinajstić information content (AvgIpc) is 3.83. The van der Waals surface area contributed by atoms with E-state index >= 15 is 0 Å². The second kappa shape index (κ2) is 27.3. The van der Waals surface area contributed by atoms with Gasteiger partial charge in [-0.25, -0.2) is 13.1 Å². The van der Waals surface area contributed by atoms with Crippen molar-refractivity contribution < 1.29 is 9.13 Å². The summed E-state index contributed by atoms with van der Waals surface area (Å²) >= 11 is 0. The maximum atomic E-state index is 7.53. The molecule has 2 aliphatic carbocycles. The average molecular weight is 936 g/mol. The van der Waals surface area contributed by atoms with Gasteiger partial charge in [-0.2, -0.15) is 0 Å². The number of rotatable bonds is 18. The minimum absolute atomic E-state index is 0. The zero-order valence-electron chi connectivity index (χ0n) is 39.9. The molecule has 0 bridgehead atoms. The lowest BCUT2D eigenvalue weighted by Gasteiger charge is -2.22. The van der Waals surface area contributed by atoms with Crippen molar-refractivity contribution in [3.63, 3.8) is 0 Å². The molecule has 8 rings (SSSR count). The number of nitrogens with zero attached hydrogens (tertiary/aromatic N) is 10. The summed E-state index contributed by atoms with van der Waals surface area (Å²) in [7, 11) is 0. The highest BCUT2D eigenvalue weighted by atomic mass is 35.5. The Hall–Kier alpha value is -5.55. The Labute approximate surface area is 405 Å². The third-order valence-corrected chi connectivity index (χ3v) is 13.5. The molecule has 2 aliphatic heterocycles. The van der Waals surface area contributed by atoms with Crippen LogP contribution in [-0.4, -0.2) is 93.2 Å². The van der Waals surface area contributed by atoms with Crippen molar-refractivity contribution in [1.29, 1.82) is 0 Å². The molecule has 16 nitrogen and oxygen atoms in total. The van der Waals surface area contributed by atoms with Gasteiger partial charge in [-0.3, -0.25) is 30.1 Å². The molecule has 2 saturated carbocycles. The van der Waals surface area contributed by atoms with E-state index in [0.29, 0.717) is 59.9 Å². The van der Waals surface area contributed by atoms with Gasteiger partial charge in [0.1, 0.15) is 0 Å². The molecule has 2 aromatic heterocycles. The van der Waals surface area contributed by atoms with Crippen molar-refractivity contribution >= 4 is 59.5 Å². The van der Waals surface area contributed by atoms with E-state index < -0.39 is 0 Å². The molecule has 2 atom stereocenters. The topological polar surface area (TPSA) is 147 Å². The lowest BCUT2D eigenvalue weighted by Crippen LogP contribution is -2.43. The largest absolute Gasteiger partial charge is 0.336 e. The second-order valence-corrected chi connectivity index (χ2v) is 18.1. The van der Waals surface area contributed by atoms with E-state index in [2.05, 4.69) is 65.2 Å². The smallest absolute Gasteiger partial charge is 0.335 e. The fraction of sp³-hybridized carbons (Fsp3) is 0.600. The van der Waals surface area contributed by atoms with Gasteiger partial charge in [0.15, 0.2) is 0 Å². The SMILES string of the molecule is Cl.[C-]#[N+]C[n+]1c(Nc2ccccc2)nc(NCC2CCCN2CC)nc1NC1CCCCCC1.[C-]#[N+]C[n+]1c(Nc2ccccc2)nc(NCC2CCCN2CC)nc1NC1CCCCCC1. The molecule has 0 spiro atoms. The maximum absolute atomic E-state index is 7.53. The number of hydrogen-bond acceptors (Lipinski definition) is 12. The van der Waals surface area contributed by atoms with Crippen LogP contribution in [0.25, 0.3) is 9.69 Å². The Bertz CT molecular complexity index is 2000. The standard InChI is InChI=1S/2C25H36N8.ClH/c2*1-3-32-17-11-16-22(32)18-27-23-30-24(28-20-12-7-4-5-8-13-20)33(19-26-2)25(31-23)29-21-14-9-6-10-15-21;/h2*6,9-10,14-15,20,22H,3-5,7-8,11-13,16-19H2,1H3,(H2,27,28,29,30,31);1H/p+2. The third kappa shape index (κ3) is 15.2. The van der Waals surface area contributed by atoms with E-state index in [9.17, 15) is 0 Å². The van der Waals surface area contributed by atoms with Crippen LogP contribution >= 0.6 is 12.4 Å². The van der Waals surface area contributed by atoms with Crippen LogP contribution in [0, 0.1) is 13.1 Å². The Morgan fingerprint density at radius 3 is 1.25 bits per heavy atom. The lowest BCUT2D eigenvalue weighted by molar-refractivity contribution is -0.664. The van der Waals surface area contributed by atoms with E-state index in [-0.39, 0.29) is 25.7 Å². The number of halogens is 1. The van der Waals surface area contributed by atoms with Crippen LogP contribution in [0.15, 0.2) is 60.7 Å². The first-order valence-corrected chi connectivity index (χ1v) is 25.0. The van der Waals surface area contributed by atoms with Gasteiger partial charge >= 0.3 is 49.0 Å². The Kier molecular flexibility index (Phi) is 20.7.